The van der Waals surface area contributed by atoms with Gasteiger partial charge in [-0.15, -0.1) is 0 Å². The molecule has 3 aromatic rings. The van der Waals surface area contributed by atoms with Crippen molar-refractivity contribution in [2.75, 3.05) is 12.5 Å². The van der Waals surface area contributed by atoms with Crippen molar-refractivity contribution in [3.63, 3.8) is 0 Å². The number of esters is 1. The van der Waals surface area contributed by atoms with Crippen LogP contribution in [0.2, 0.25) is 0 Å². The SMILES string of the molecule is CSc1c2sc(C3=C(C(=O)OCc4ccc([N+](=O)[O-])cc4)N4C(=O)[C@H]([C@@H](C)O)[C@H]4C3)cn2c(SC)[n+]1C. The second-order valence-electron chi connectivity index (χ2n) is 8.90. The lowest BCUT2D eigenvalue weighted by Crippen LogP contribution is -2.61. The Morgan fingerprint density at radius 2 is 2.03 bits per heavy atom. The highest BCUT2D eigenvalue weighted by atomic mass is 32.2. The second-order valence-corrected chi connectivity index (χ2v) is 11.5. The van der Waals surface area contributed by atoms with Crippen LogP contribution in [0.4, 0.5) is 5.69 Å². The van der Waals surface area contributed by atoms with E-state index in [0.717, 1.165) is 25.5 Å². The van der Waals surface area contributed by atoms with E-state index in [9.17, 15) is 24.8 Å². The minimum Gasteiger partial charge on any atom is -0.456 e. The second kappa shape index (κ2) is 9.78. The Morgan fingerprint density at radius 3 is 2.62 bits per heavy atom. The summed E-state index contributed by atoms with van der Waals surface area (Å²) in [5, 5.41) is 23.2. The number of nitrogens with zero attached hydrogens (tertiary/aromatic N) is 4. The number of aliphatic hydroxyl groups excluding tert-OH is 1. The zero-order valence-electron chi connectivity index (χ0n) is 20.5. The minimum absolute atomic E-state index is 0.0502. The number of carbonyl (C=O) groups is 2. The number of non-ortho nitro benzene ring substituents is 1. The predicted molar refractivity (Wildman–Crippen MR) is 140 cm³/mol. The van der Waals surface area contributed by atoms with E-state index in [1.165, 1.54) is 29.2 Å². The van der Waals surface area contributed by atoms with Crippen LogP contribution >= 0.6 is 34.9 Å². The van der Waals surface area contributed by atoms with Crippen LogP contribution in [0, 0.1) is 16.0 Å². The number of thiazole rings is 1. The van der Waals surface area contributed by atoms with E-state index in [-0.39, 0.29) is 29.9 Å². The Balaban J connectivity index is 1.51. The number of imidazole rings is 1. The summed E-state index contributed by atoms with van der Waals surface area (Å²) in [4.78, 5) is 40.1. The van der Waals surface area contributed by atoms with Crippen molar-refractivity contribution in [2.24, 2.45) is 13.0 Å². The summed E-state index contributed by atoms with van der Waals surface area (Å²) in [6.45, 7) is 1.50. The van der Waals surface area contributed by atoms with Gasteiger partial charge in [-0.05, 0) is 55.3 Å². The average molecular weight is 562 g/mol. The van der Waals surface area contributed by atoms with Crippen LogP contribution in [0.1, 0.15) is 23.8 Å². The molecule has 0 radical (unpaired) electrons. The van der Waals surface area contributed by atoms with Gasteiger partial charge in [-0.1, -0.05) is 23.1 Å². The van der Waals surface area contributed by atoms with E-state index >= 15 is 0 Å². The highest BCUT2D eigenvalue weighted by Gasteiger charge is 2.57. The van der Waals surface area contributed by atoms with Gasteiger partial charge in [0.05, 0.1) is 34.9 Å². The van der Waals surface area contributed by atoms with E-state index in [4.69, 9.17) is 4.74 Å². The van der Waals surface area contributed by atoms with E-state index in [1.54, 1.807) is 41.8 Å². The van der Waals surface area contributed by atoms with Gasteiger partial charge >= 0.3 is 11.1 Å². The van der Waals surface area contributed by atoms with E-state index in [1.807, 2.05) is 25.8 Å². The number of amides is 1. The molecule has 2 aliphatic heterocycles. The fourth-order valence-corrected chi connectivity index (χ4v) is 8.01. The predicted octanol–water partition coefficient (Wildman–Crippen LogP) is 3.24. The number of benzene rings is 1. The van der Waals surface area contributed by atoms with E-state index in [2.05, 4.69) is 8.97 Å². The number of thioether (sulfide) groups is 2. The van der Waals surface area contributed by atoms with Crippen molar-refractivity contribution in [3.8, 4) is 0 Å². The summed E-state index contributed by atoms with van der Waals surface area (Å²) in [7, 11) is 2.02. The normalized spacial score (nSPS) is 19.8. The number of rotatable bonds is 8. The lowest BCUT2D eigenvalue weighted by Gasteiger charge is -2.44. The van der Waals surface area contributed by atoms with Crippen molar-refractivity contribution in [2.45, 2.75) is 42.3 Å². The van der Waals surface area contributed by atoms with Gasteiger partial charge in [0.1, 0.15) is 18.5 Å². The lowest BCUT2D eigenvalue weighted by atomic mass is 9.83. The number of β-lactam (4-membered cyclic amide) rings is 1. The third kappa shape index (κ3) is 4.13. The largest absolute Gasteiger partial charge is 0.456 e. The first kappa shape index (κ1) is 25.8. The van der Waals surface area contributed by atoms with Gasteiger partial charge in [-0.2, -0.15) is 4.40 Å². The van der Waals surface area contributed by atoms with Crippen molar-refractivity contribution in [3.05, 3.63) is 56.7 Å². The van der Waals surface area contributed by atoms with E-state index in [0.29, 0.717) is 12.0 Å². The number of ether oxygens (including phenoxy) is 1. The molecule has 5 rings (SSSR count). The number of carbonyl (C=O) groups excluding carboxylic acids is 2. The van der Waals surface area contributed by atoms with Crippen LogP contribution in [-0.2, 0) is 28.0 Å². The van der Waals surface area contributed by atoms with Crippen molar-refractivity contribution in [1.82, 2.24) is 9.30 Å². The molecule has 1 fully saturated rings. The zero-order valence-corrected chi connectivity index (χ0v) is 23.0. The zero-order chi connectivity index (χ0) is 26.6. The van der Waals surface area contributed by atoms with Gasteiger partial charge < -0.3 is 14.7 Å². The molecule has 0 spiro atoms. The summed E-state index contributed by atoms with van der Waals surface area (Å²) in [5.41, 5.74) is 1.48. The van der Waals surface area contributed by atoms with Gasteiger partial charge in [0.15, 0.2) is 0 Å². The number of fused-ring (bicyclic) bond motifs is 2. The molecule has 3 atom stereocenters. The summed E-state index contributed by atoms with van der Waals surface area (Å²) in [6, 6.07) is 5.47. The number of nitro benzene ring substituents is 1. The molecular weight excluding hydrogens is 536 g/mol. The molecule has 0 bridgehead atoms. The van der Waals surface area contributed by atoms with Crippen molar-refractivity contribution < 1.29 is 28.9 Å². The first-order valence-electron chi connectivity index (χ1n) is 11.4. The van der Waals surface area contributed by atoms with E-state index < -0.39 is 22.9 Å². The molecule has 13 heteroatoms. The Bertz CT molecular complexity index is 1420. The van der Waals surface area contributed by atoms with Crippen LogP contribution in [0.5, 0.6) is 0 Å². The molecule has 4 heterocycles. The molecule has 1 aromatic carbocycles. The van der Waals surface area contributed by atoms with Crippen LogP contribution in [-0.4, -0.2) is 55.9 Å². The summed E-state index contributed by atoms with van der Waals surface area (Å²) in [6.07, 6.45) is 5.65. The van der Waals surface area contributed by atoms with Gasteiger partial charge in [0.25, 0.3) is 5.69 Å². The summed E-state index contributed by atoms with van der Waals surface area (Å²) in [5.74, 6) is -1.49. The number of hydrogen-bond acceptors (Lipinski definition) is 9. The first-order valence-corrected chi connectivity index (χ1v) is 14.7. The Kier molecular flexibility index (Phi) is 6.81. The lowest BCUT2D eigenvalue weighted by molar-refractivity contribution is -0.742. The molecule has 2 aliphatic rings. The molecule has 10 nitrogen and oxygen atoms in total. The third-order valence-corrected chi connectivity index (χ3v) is 9.74. The number of aliphatic hydroxyl groups is 1. The minimum atomic E-state index is -0.824. The molecule has 1 N–H and O–H groups in total. The summed E-state index contributed by atoms with van der Waals surface area (Å²) >= 11 is 4.82. The number of hydrogen-bond donors (Lipinski definition) is 1. The van der Waals surface area contributed by atoms with Gasteiger partial charge in [0, 0.05) is 17.7 Å². The molecule has 0 unspecified atom stereocenters. The highest BCUT2D eigenvalue weighted by Crippen LogP contribution is 2.49. The Labute approximate surface area is 225 Å². The molecule has 0 saturated carbocycles. The van der Waals surface area contributed by atoms with Gasteiger partial charge in [-0.25, -0.2) is 9.36 Å². The maximum atomic E-state index is 13.4. The quantitative estimate of drug-likeness (QED) is 0.111. The summed E-state index contributed by atoms with van der Waals surface area (Å²) < 4.78 is 9.82. The van der Waals surface area contributed by atoms with Gasteiger partial charge in [0.2, 0.25) is 15.8 Å². The average Bonchev–Trinajstić information content (AvgIpc) is 3.50. The van der Waals surface area contributed by atoms with Crippen molar-refractivity contribution >= 4 is 62.8 Å². The van der Waals surface area contributed by atoms with Crippen molar-refractivity contribution in [1.29, 1.82) is 0 Å². The monoisotopic (exact) mass is 561 g/mol. The number of nitro groups is 1. The molecule has 2 aromatic heterocycles. The molecule has 0 aliphatic carbocycles. The molecule has 1 saturated heterocycles. The smallest absolute Gasteiger partial charge is 0.355 e. The fourth-order valence-electron chi connectivity index (χ4n) is 5.05. The molecular formula is C24H25N4O6S3+. The van der Waals surface area contributed by atoms with Crippen LogP contribution in [0.15, 0.2) is 46.3 Å². The van der Waals surface area contributed by atoms with Crippen LogP contribution < -0.4 is 4.57 Å². The Hall–Kier alpha value is -2.87. The maximum absolute atomic E-state index is 13.4. The molecule has 37 heavy (non-hydrogen) atoms. The standard InChI is InChI=1S/C24H25N4O6S3/c1-12(29)18-16-9-15(17-10-26-22(37-17)21(35-3)25(2)24(26)36-4)19(27(16)20(18)30)23(31)34-11-13-5-7-14(8-6-13)28(32)33/h5-8,10,12,16,18,29H,9,11H2,1-4H3/q+1/t12-,16-,18-/m1/s1. The van der Waals surface area contributed by atoms with Crippen LogP contribution in [0.25, 0.3) is 10.4 Å². The maximum Gasteiger partial charge on any atom is 0.355 e. The third-order valence-electron chi connectivity index (χ3n) is 6.76. The first-order chi connectivity index (χ1) is 17.7. The van der Waals surface area contributed by atoms with Gasteiger partial charge in [-0.3, -0.25) is 14.9 Å². The molecule has 1 amide bonds. The highest BCUT2D eigenvalue weighted by molar-refractivity contribution is 7.99. The van der Waals surface area contributed by atoms with Crippen LogP contribution in [0.3, 0.4) is 0 Å². The number of aromatic nitrogens is 2. The Morgan fingerprint density at radius 1 is 1.32 bits per heavy atom. The molecule has 194 valence electrons. The fraction of sp³-hybridized carbons (Fsp3) is 0.375. The topological polar surface area (TPSA) is 118 Å².